The van der Waals surface area contributed by atoms with E-state index in [2.05, 4.69) is 6.92 Å². The van der Waals surface area contributed by atoms with Crippen molar-refractivity contribution in [2.24, 2.45) is 0 Å². The van der Waals surface area contributed by atoms with Gasteiger partial charge in [-0.25, -0.2) is 8.78 Å². The van der Waals surface area contributed by atoms with Crippen LogP contribution in [-0.2, 0) is 0 Å². The van der Waals surface area contributed by atoms with Crippen molar-refractivity contribution in [3.8, 4) is 5.75 Å². The largest absolute Gasteiger partial charge is 0.487 e. The lowest BCUT2D eigenvalue weighted by Gasteiger charge is -2.11. The first kappa shape index (κ1) is 18.7. The molecule has 1 rings (SSSR count). The average Bonchev–Trinajstić information content (AvgIpc) is 2.47. The van der Waals surface area contributed by atoms with Gasteiger partial charge in [0.05, 0.1) is 6.61 Å². The van der Waals surface area contributed by atoms with Gasteiger partial charge in [-0.15, -0.1) is 0 Å². The summed E-state index contributed by atoms with van der Waals surface area (Å²) >= 11 is 4.90. The molecule has 0 heterocycles. The number of rotatable bonds is 9. The summed E-state index contributed by atoms with van der Waals surface area (Å²) in [6.45, 7) is 2.00. The summed E-state index contributed by atoms with van der Waals surface area (Å²) in [5.74, 6) is -8.37. The number of ether oxygens (including phenoxy) is 1. The summed E-state index contributed by atoms with van der Waals surface area (Å²) in [6.07, 6.45) is 5.49. The van der Waals surface area contributed by atoms with E-state index in [0.717, 1.165) is 32.1 Å². The molecule has 0 atom stereocenters. The van der Waals surface area contributed by atoms with Gasteiger partial charge in [0.1, 0.15) is 5.56 Å². The Morgan fingerprint density at radius 2 is 1.41 bits per heavy atom. The lowest BCUT2D eigenvalue weighted by molar-refractivity contribution is 0.107. The van der Waals surface area contributed by atoms with Crippen LogP contribution < -0.4 is 4.74 Å². The molecular formula is C15H17ClF4O2. The number of hydrogen-bond donors (Lipinski definition) is 0. The Hall–Kier alpha value is -1.30. The van der Waals surface area contributed by atoms with Crippen LogP contribution >= 0.6 is 11.6 Å². The molecule has 1 aromatic rings. The Morgan fingerprint density at radius 1 is 0.909 bits per heavy atom. The number of carbonyl (C=O) groups excluding carboxylic acids is 1. The maximum absolute atomic E-state index is 13.6. The Balaban J connectivity index is 2.70. The second kappa shape index (κ2) is 8.98. The fourth-order valence-electron chi connectivity index (χ4n) is 1.97. The van der Waals surface area contributed by atoms with Crippen LogP contribution in [0.4, 0.5) is 17.6 Å². The highest BCUT2D eigenvalue weighted by molar-refractivity contribution is 6.67. The zero-order valence-electron chi connectivity index (χ0n) is 12.2. The summed E-state index contributed by atoms with van der Waals surface area (Å²) in [6, 6.07) is 0. The molecule has 124 valence electrons. The first-order chi connectivity index (χ1) is 10.4. The van der Waals surface area contributed by atoms with Crippen molar-refractivity contribution < 1.29 is 27.1 Å². The van der Waals surface area contributed by atoms with Crippen molar-refractivity contribution in [3.63, 3.8) is 0 Å². The smallest absolute Gasteiger partial charge is 0.258 e. The maximum Gasteiger partial charge on any atom is 0.258 e. The third kappa shape index (κ3) is 4.60. The third-order valence-corrected chi connectivity index (χ3v) is 3.35. The van der Waals surface area contributed by atoms with Gasteiger partial charge in [-0.05, 0) is 18.0 Å². The van der Waals surface area contributed by atoms with E-state index in [-0.39, 0.29) is 6.61 Å². The quantitative estimate of drug-likeness (QED) is 0.262. The Bertz CT molecular complexity index is 506. The summed E-state index contributed by atoms with van der Waals surface area (Å²) in [7, 11) is 0. The number of carbonyl (C=O) groups is 1. The zero-order chi connectivity index (χ0) is 16.7. The third-order valence-electron chi connectivity index (χ3n) is 3.16. The van der Waals surface area contributed by atoms with Gasteiger partial charge in [-0.2, -0.15) is 8.78 Å². The van der Waals surface area contributed by atoms with Gasteiger partial charge in [0.15, 0.2) is 17.4 Å². The molecule has 0 fully saturated rings. The van der Waals surface area contributed by atoms with Gasteiger partial charge in [0.2, 0.25) is 11.6 Å². The molecule has 0 spiro atoms. The molecule has 0 saturated carbocycles. The Kier molecular flexibility index (Phi) is 7.65. The molecule has 0 amide bonds. The monoisotopic (exact) mass is 340 g/mol. The number of halogens is 5. The van der Waals surface area contributed by atoms with E-state index in [0.29, 0.717) is 6.42 Å². The van der Waals surface area contributed by atoms with Gasteiger partial charge in [0.25, 0.3) is 5.24 Å². The van der Waals surface area contributed by atoms with E-state index in [9.17, 15) is 22.4 Å². The van der Waals surface area contributed by atoms with Crippen molar-refractivity contribution in [1.29, 1.82) is 0 Å². The van der Waals surface area contributed by atoms with Crippen LogP contribution in [0.1, 0.15) is 55.8 Å². The predicted octanol–water partition coefficient (Wildman–Crippen LogP) is 5.36. The molecule has 2 nitrogen and oxygen atoms in total. The highest BCUT2D eigenvalue weighted by atomic mass is 35.5. The van der Waals surface area contributed by atoms with Crippen molar-refractivity contribution in [3.05, 3.63) is 28.8 Å². The summed E-state index contributed by atoms with van der Waals surface area (Å²) in [5, 5.41) is -1.62. The molecule has 22 heavy (non-hydrogen) atoms. The maximum atomic E-state index is 13.6. The SMILES string of the molecule is CCCCCCCCOc1c(F)c(F)c(C(=O)Cl)c(F)c1F. The second-order valence-corrected chi connectivity index (χ2v) is 5.19. The molecule has 0 radical (unpaired) electrons. The van der Waals surface area contributed by atoms with Crippen molar-refractivity contribution in [2.75, 3.05) is 6.61 Å². The van der Waals surface area contributed by atoms with Gasteiger partial charge >= 0.3 is 0 Å². The van der Waals surface area contributed by atoms with Gasteiger partial charge in [-0.3, -0.25) is 4.79 Å². The molecule has 0 unspecified atom stereocenters. The fraction of sp³-hybridized carbons (Fsp3) is 0.533. The minimum atomic E-state index is -1.85. The lowest BCUT2D eigenvalue weighted by Crippen LogP contribution is -2.10. The minimum Gasteiger partial charge on any atom is -0.487 e. The first-order valence-corrected chi connectivity index (χ1v) is 7.48. The van der Waals surface area contributed by atoms with E-state index in [4.69, 9.17) is 16.3 Å². The lowest BCUT2D eigenvalue weighted by atomic mass is 10.1. The Labute approximate surface area is 131 Å². The van der Waals surface area contributed by atoms with Gasteiger partial charge < -0.3 is 4.74 Å². The molecule has 0 bridgehead atoms. The van der Waals surface area contributed by atoms with Gasteiger partial charge in [-0.1, -0.05) is 39.0 Å². The number of unbranched alkanes of at least 4 members (excludes halogenated alkanes) is 5. The van der Waals surface area contributed by atoms with E-state index < -0.39 is 39.8 Å². The van der Waals surface area contributed by atoms with Crippen LogP contribution in [0.3, 0.4) is 0 Å². The highest BCUT2D eigenvalue weighted by Crippen LogP contribution is 2.31. The van der Waals surface area contributed by atoms with Crippen molar-refractivity contribution >= 4 is 16.8 Å². The predicted molar refractivity (Wildman–Crippen MR) is 75.3 cm³/mol. The first-order valence-electron chi connectivity index (χ1n) is 7.10. The fourth-order valence-corrected chi connectivity index (χ4v) is 2.13. The minimum absolute atomic E-state index is 0.0764. The van der Waals surface area contributed by atoms with E-state index in [1.165, 1.54) is 0 Å². The standard InChI is InChI=1S/C15H17ClF4O2/c1-2-3-4-5-6-7-8-22-14-12(19)10(17)9(15(16)21)11(18)13(14)20/h2-8H2,1H3. The van der Waals surface area contributed by atoms with Crippen LogP contribution in [0.25, 0.3) is 0 Å². The van der Waals surface area contributed by atoms with Crippen LogP contribution in [0.2, 0.25) is 0 Å². The van der Waals surface area contributed by atoms with E-state index in [1.807, 2.05) is 0 Å². The number of hydrogen-bond acceptors (Lipinski definition) is 2. The second-order valence-electron chi connectivity index (χ2n) is 4.85. The molecular weight excluding hydrogens is 324 g/mol. The molecule has 0 aromatic heterocycles. The van der Waals surface area contributed by atoms with Crippen molar-refractivity contribution in [1.82, 2.24) is 0 Å². The molecule has 7 heteroatoms. The molecule has 0 N–H and O–H groups in total. The highest BCUT2D eigenvalue weighted by Gasteiger charge is 2.29. The topological polar surface area (TPSA) is 26.3 Å². The summed E-state index contributed by atoms with van der Waals surface area (Å²) < 4.78 is 59.0. The molecule has 0 aliphatic carbocycles. The van der Waals surface area contributed by atoms with Crippen LogP contribution in [0.15, 0.2) is 0 Å². The van der Waals surface area contributed by atoms with Gasteiger partial charge in [0, 0.05) is 0 Å². The Morgan fingerprint density at radius 3 is 1.91 bits per heavy atom. The summed E-state index contributed by atoms with van der Waals surface area (Å²) in [5.41, 5.74) is -1.46. The number of benzene rings is 1. The van der Waals surface area contributed by atoms with Crippen LogP contribution in [0.5, 0.6) is 5.75 Å². The molecule has 0 aliphatic heterocycles. The molecule has 1 aromatic carbocycles. The summed E-state index contributed by atoms with van der Waals surface area (Å²) in [4.78, 5) is 10.8. The zero-order valence-corrected chi connectivity index (χ0v) is 12.9. The normalized spacial score (nSPS) is 10.8. The van der Waals surface area contributed by atoms with E-state index in [1.54, 1.807) is 0 Å². The molecule has 0 saturated heterocycles. The van der Waals surface area contributed by atoms with Crippen LogP contribution in [-0.4, -0.2) is 11.8 Å². The van der Waals surface area contributed by atoms with Crippen molar-refractivity contribution in [2.45, 2.75) is 45.4 Å². The molecule has 0 aliphatic rings. The average molecular weight is 341 g/mol. The van der Waals surface area contributed by atoms with E-state index >= 15 is 0 Å². The van der Waals surface area contributed by atoms with Crippen LogP contribution in [0, 0.1) is 23.3 Å².